The largest absolute Gasteiger partial charge is 0.497 e. The molecule has 5 nitrogen and oxygen atoms in total. The molecule has 0 unspecified atom stereocenters. The van der Waals surface area contributed by atoms with Crippen molar-refractivity contribution in [1.29, 1.82) is 0 Å². The Morgan fingerprint density at radius 2 is 1.65 bits per heavy atom. The van der Waals surface area contributed by atoms with Gasteiger partial charge in [0.25, 0.3) is 0 Å². The molecule has 0 fully saturated rings. The maximum absolute atomic E-state index is 13.4. The van der Waals surface area contributed by atoms with Crippen LogP contribution in [-0.2, 0) is 4.79 Å². The van der Waals surface area contributed by atoms with Gasteiger partial charge in [0, 0.05) is 28.8 Å². The lowest BCUT2D eigenvalue weighted by atomic mass is 9.73. The van der Waals surface area contributed by atoms with Crippen molar-refractivity contribution < 1.29 is 14.3 Å². The average molecular weight is 453 g/mol. The van der Waals surface area contributed by atoms with Gasteiger partial charge in [-0.25, -0.2) is 0 Å². The Labute approximate surface area is 199 Å². The Hall–Kier alpha value is -3.86. The molecule has 5 heteroatoms. The van der Waals surface area contributed by atoms with Crippen LogP contribution in [0.25, 0.3) is 0 Å². The van der Waals surface area contributed by atoms with Gasteiger partial charge in [-0.3, -0.25) is 9.59 Å². The molecule has 0 saturated heterocycles. The van der Waals surface area contributed by atoms with Crippen LogP contribution in [0, 0.1) is 5.41 Å². The molecule has 0 spiro atoms. The van der Waals surface area contributed by atoms with Crippen molar-refractivity contribution in [2.75, 3.05) is 17.7 Å². The number of allylic oxidation sites excluding steroid dienone is 1. The molecular formula is C29H28N2O3. The number of ether oxygens (including phenoxy) is 1. The van der Waals surface area contributed by atoms with Crippen LogP contribution in [-0.4, -0.2) is 18.7 Å². The highest BCUT2D eigenvalue weighted by atomic mass is 16.5. The van der Waals surface area contributed by atoms with E-state index in [9.17, 15) is 9.59 Å². The summed E-state index contributed by atoms with van der Waals surface area (Å²) in [4.78, 5) is 26.5. The van der Waals surface area contributed by atoms with Crippen LogP contribution in [0.5, 0.6) is 5.75 Å². The number of anilines is 2. The van der Waals surface area contributed by atoms with Crippen molar-refractivity contribution in [3.63, 3.8) is 0 Å². The summed E-state index contributed by atoms with van der Waals surface area (Å²) in [5.74, 6) is 0.876. The fourth-order valence-corrected chi connectivity index (χ4v) is 4.89. The summed E-state index contributed by atoms with van der Waals surface area (Å²) in [5, 5.41) is 7.12. The summed E-state index contributed by atoms with van der Waals surface area (Å²) in [5.41, 5.74) is 5.42. The standard InChI is InChI=1S/C29H28N2O3/c1-29(2)16-24-26(25(32)17-29)27(18-9-12-21(34-3)13-10-18)31-22-14-11-20(15-23(22)30-24)28(33)19-7-5-4-6-8-19/h4-15,27,30-31H,16-17H2,1-3H3/t27-/m1/s1. The van der Waals surface area contributed by atoms with E-state index >= 15 is 0 Å². The Balaban J connectivity index is 1.59. The molecule has 3 aromatic rings. The highest BCUT2D eigenvalue weighted by Gasteiger charge is 2.38. The number of carbonyl (C=O) groups excluding carboxylic acids is 2. The topological polar surface area (TPSA) is 67.4 Å². The molecule has 2 aliphatic rings. The number of ketones is 2. The summed E-state index contributed by atoms with van der Waals surface area (Å²) in [6, 6.07) is 22.4. The number of rotatable bonds is 4. The van der Waals surface area contributed by atoms with Gasteiger partial charge in [-0.2, -0.15) is 0 Å². The maximum atomic E-state index is 13.4. The van der Waals surface area contributed by atoms with Gasteiger partial charge in [-0.1, -0.05) is 56.3 Å². The molecule has 2 N–H and O–H groups in total. The first-order chi connectivity index (χ1) is 16.3. The van der Waals surface area contributed by atoms with Crippen LogP contribution in [0.3, 0.4) is 0 Å². The average Bonchev–Trinajstić information content (AvgIpc) is 2.99. The molecule has 0 amide bonds. The summed E-state index contributed by atoms with van der Waals surface area (Å²) in [7, 11) is 1.64. The van der Waals surface area contributed by atoms with Crippen LogP contribution < -0.4 is 15.4 Å². The van der Waals surface area contributed by atoms with E-state index in [0.29, 0.717) is 17.5 Å². The van der Waals surface area contributed by atoms with Gasteiger partial charge in [0.05, 0.1) is 24.5 Å². The van der Waals surface area contributed by atoms with Crippen LogP contribution in [0.1, 0.15) is 54.2 Å². The van der Waals surface area contributed by atoms with Crippen molar-refractivity contribution in [1.82, 2.24) is 0 Å². The Morgan fingerprint density at radius 3 is 2.35 bits per heavy atom. The lowest BCUT2D eigenvalue weighted by molar-refractivity contribution is -0.118. The molecule has 172 valence electrons. The van der Waals surface area contributed by atoms with E-state index in [1.165, 1.54) is 0 Å². The Morgan fingerprint density at radius 1 is 0.912 bits per heavy atom. The Kier molecular flexibility index (Phi) is 5.48. The van der Waals surface area contributed by atoms with Gasteiger partial charge in [0.15, 0.2) is 11.6 Å². The van der Waals surface area contributed by atoms with Crippen LogP contribution >= 0.6 is 0 Å². The first-order valence-electron chi connectivity index (χ1n) is 11.5. The predicted octanol–water partition coefficient (Wildman–Crippen LogP) is 6.15. The number of fused-ring (bicyclic) bond motifs is 1. The van der Waals surface area contributed by atoms with Crippen molar-refractivity contribution in [2.45, 2.75) is 32.7 Å². The summed E-state index contributed by atoms with van der Waals surface area (Å²) in [6.45, 7) is 4.24. The fourth-order valence-electron chi connectivity index (χ4n) is 4.89. The van der Waals surface area contributed by atoms with Gasteiger partial charge >= 0.3 is 0 Å². The van der Waals surface area contributed by atoms with Gasteiger partial charge in [-0.05, 0) is 47.7 Å². The minimum Gasteiger partial charge on any atom is -0.497 e. The van der Waals surface area contributed by atoms with Gasteiger partial charge in [0.1, 0.15) is 5.75 Å². The van der Waals surface area contributed by atoms with Gasteiger partial charge in [-0.15, -0.1) is 0 Å². The number of nitrogens with one attached hydrogen (secondary N) is 2. The molecule has 1 heterocycles. The van der Waals surface area contributed by atoms with Crippen LogP contribution in [0.4, 0.5) is 11.4 Å². The zero-order chi connectivity index (χ0) is 23.9. The van der Waals surface area contributed by atoms with Crippen LogP contribution in [0.15, 0.2) is 84.1 Å². The highest BCUT2D eigenvalue weighted by molar-refractivity contribution is 6.10. The number of benzene rings is 3. The molecule has 0 aromatic heterocycles. The number of carbonyl (C=O) groups is 2. The van der Waals surface area contributed by atoms with E-state index in [4.69, 9.17) is 4.74 Å². The van der Waals surface area contributed by atoms with E-state index < -0.39 is 0 Å². The molecular weight excluding hydrogens is 424 g/mol. The first-order valence-corrected chi connectivity index (χ1v) is 11.5. The number of hydrogen-bond acceptors (Lipinski definition) is 5. The van der Waals surface area contributed by atoms with E-state index in [-0.39, 0.29) is 23.0 Å². The molecule has 1 aliphatic carbocycles. The van der Waals surface area contributed by atoms with Gasteiger partial charge < -0.3 is 15.4 Å². The van der Waals surface area contributed by atoms with E-state index in [2.05, 4.69) is 24.5 Å². The molecule has 1 atom stereocenters. The molecule has 1 aliphatic heterocycles. The smallest absolute Gasteiger partial charge is 0.193 e. The summed E-state index contributed by atoms with van der Waals surface area (Å²) in [6.07, 6.45) is 1.24. The van der Waals surface area contributed by atoms with Crippen molar-refractivity contribution >= 4 is 22.9 Å². The normalized spacial score (nSPS) is 18.7. The SMILES string of the molecule is COc1ccc([C@H]2Nc3ccc(C(=O)c4ccccc4)cc3NC3=C2C(=O)CC(C)(C)C3)cc1. The highest BCUT2D eigenvalue weighted by Crippen LogP contribution is 2.45. The lowest BCUT2D eigenvalue weighted by Crippen LogP contribution is -2.31. The minimum absolute atomic E-state index is 0.0320. The summed E-state index contributed by atoms with van der Waals surface area (Å²) >= 11 is 0. The molecule has 5 rings (SSSR count). The van der Waals surface area contributed by atoms with E-state index in [1.54, 1.807) is 7.11 Å². The van der Waals surface area contributed by atoms with Gasteiger partial charge in [0.2, 0.25) is 0 Å². The third-order valence-corrected chi connectivity index (χ3v) is 6.56. The van der Waals surface area contributed by atoms with Crippen LogP contribution in [0.2, 0.25) is 0 Å². The number of Topliss-reactive ketones (excluding diaryl/α,β-unsaturated/α-hetero) is 1. The molecule has 0 bridgehead atoms. The van der Waals surface area contributed by atoms with Crippen molar-refractivity contribution in [3.8, 4) is 5.75 Å². The first kappa shape index (κ1) is 22.0. The zero-order valence-corrected chi connectivity index (χ0v) is 19.6. The van der Waals surface area contributed by atoms with Crippen molar-refractivity contribution in [2.24, 2.45) is 5.41 Å². The second-order valence-electron chi connectivity index (χ2n) is 9.76. The quantitative estimate of drug-likeness (QED) is 0.465. The monoisotopic (exact) mass is 452 g/mol. The lowest BCUT2D eigenvalue weighted by Gasteiger charge is -2.34. The Bertz CT molecular complexity index is 1290. The zero-order valence-electron chi connectivity index (χ0n) is 19.6. The maximum Gasteiger partial charge on any atom is 0.193 e. The molecule has 0 saturated carbocycles. The van der Waals surface area contributed by atoms with Crippen molar-refractivity contribution in [3.05, 3.63) is 101 Å². The molecule has 3 aromatic carbocycles. The molecule has 0 radical (unpaired) electrons. The second kappa shape index (κ2) is 8.49. The predicted molar refractivity (Wildman–Crippen MR) is 134 cm³/mol. The fraction of sp³-hybridized carbons (Fsp3) is 0.241. The third-order valence-electron chi connectivity index (χ3n) is 6.56. The number of methoxy groups -OCH3 is 1. The summed E-state index contributed by atoms with van der Waals surface area (Å²) < 4.78 is 5.32. The number of hydrogen-bond donors (Lipinski definition) is 2. The third kappa shape index (κ3) is 4.10. The van der Waals surface area contributed by atoms with E-state index in [0.717, 1.165) is 40.4 Å². The minimum atomic E-state index is -0.297. The van der Waals surface area contributed by atoms with E-state index in [1.807, 2.05) is 72.8 Å². The second-order valence-corrected chi connectivity index (χ2v) is 9.76. The molecule has 34 heavy (non-hydrogen) atoms.